The van der Waals surface area contributed by atoms with E-state index < -0.39 is 0 Å². The zero-order valence-corrected chi connectivity index (χ0v) is 9.21. The van der Waals surface area contributed by atoms with E-state index in [9.17, 15) is 0 Å². The summed E-state index contributed by atoms with van der Waals surface area (Å²) in [7, 11) is 1.60. The minimum atomic E-state index is 0.520. The molecule has 0 aliphatic rings. The van der Waals surface area contributed by atoms with Crippen LogP contribution in [0.2, 0.25) is 5.02 Å². The monoisotopic (exact) mass is 223 g/mol. The van der Waals surface area contributed by atoms with E-state index in [-0.39, 0.29) is 0 Å². The number of hydrogen-bond acceptors (Lipinski definition) is 3. The molecule has 0 amide bonds. The topological polar surface area (TPSA) is 35.3 Å². The number of rotatable bonds is 2. The number of methoxy groups -OCH3 is 1. The molecule has 0 N–H and O–H groups in total. The maximum absolute atomic E-state index is 5.91. The van der Waals surface area contributed by atoms with Gasteiger partial charge in [0.15, 0.2) is 0 Å². The van der Waals surface area contributed by atoms with Crippen LogP contribution in [0.5, 0.6) is 5.75 Å². The van der Waals surface area contributed by atoms with Gasteiger partial charge in [-0.15, -0.1) is 0 Å². The van der Waals surface area contributed by atoms with Crippen molar-refractivity contribution in [1.82, 2.24) is 4.98 Å². The van der Waals surface area contributed by atoms with Crippen LogP contribution >= 0.6 is 11.6 Å². The molecule has 3 nitrogen and oxygen atoms in total. The largest absolute Gasteiger partial charge is 0.496 e. The average molecular weight is 224 g/mol. The predicted molar refractivity (Wildman–Crippen MR) is 58.2 cm³/mol. The van der Waals surface area contributed by atoms with Gasteiger partial charge in [0.25, 0.3) is 0 Å². The van der Waals surface area contributed by atoms with E-state index >= 15 is 0 Å². The Bertz CT molecular complexity index is 479. The Kier molecular flexibility index (Phi) is 2.64. The second kappa shape index (κ2) is 3.95. The van der Waals surface area contributed by atoms with Crippen molar-refractivity contribution in [2.24, 2.45) is 0 Å². The zero-order chi connectivity index (χ0) is 10.8. The van der Waals surface area contributed by atoms with E-state index in [1.54, 1.807) is 31.5 Å². The van der Waals surface area contributed by atoms with Gasteiger partial charge in [0.1, 0.15) is 11.5 Å². The van der Waals surface area contributed by atoms with E-state index in [0.717, 1.165) is 11.3 Å². The highest BCUT2D eigenvalue weighted by atomic mass is 35.5. The lowest BCUT2D eigenvalue weighted by Crippen LogP contribution is -1.87. The molecule has 0 saturated carbocycles. The molecule has 0 spiro atoms. The van der Waals surface area contributed by atoms with Gasteiger partial charge in [-0.25, -0.2) is 4.98 Å². The number of oxazole rings is 1. The molecule has 15 heavy (non-hydrogen) atoms. The maximum atomic E-state index is 5.91. The average Bonchev–Trinajstić information content (AvgIpc) is 2.65. The normalized spacial score (nSPS) is 10.3. The van der Waals surface area contributed by atoms with Crippen LogP contribution in [0.4, 0.5) is 0 Å². The first-order valence-electron chi connectivity index (χ1n) is 4.47. The second-order valence-electron chi connectivity index (χ2n) is 3.12. The van der Waals surface area contributed by atoms with Crippen molar-refractivity contribution < 1.29 is 9.15 Å². The maximum Gasteiger partial charge on any atom is 0.230 e. The second-order valence-corrected chi connectivity index (χ2v) is 3.56. The summed E-state index contributed by atoms with van der Waals surface area (Å²) in [5.74, 6) is 1.97. The molecule has 78 valence electrons. The van der Waals surface area contributed by atoms with Gasteiger partial charge >= 0.3 is 0 Å². The molecular formula is C11H10ClNO2. The molecule has 0 bridgehead atoms. The van der Waals surface area contributed by atoms with Crippen molar-refractivity contribution in [2.75, 3.05) is 7.11 Å². The third-order valence-corrected chi connectivity index (χ3v) is 2.25. The fourth-order valence-electron chi connectivity index (χ4n) is 1.33. The number of aryl methyl sites for hydroxylation is 1. The Morgan fingerprint density at radius 1 is 1.40 bits per heavy atom. The number of hydrogen-bond donors (Lipinski definition) is 0. The summed E-state index contributed by atoms with van der Waals surface area (Å²) in [6, 6.07) is 5.32. The number of aromatic nitrogens is 1. The molecule has 2 aromatic rings. The van der Waals surface area contributed by atoms with Crippen LogP contribution in [0, 0.1) is 6.92 Å². The molecule has 0 fully saturated rings. The third-order valence-electron chi connectivity index (χ3n) is 2.01. The minimum Gasteiger partial charge on any atom is -0.496 e. The summed E-state index contributed by atoms with van der Waals surface area (Å²) in [4.78, 5) is 4.13. The fraction of sp³-hybridized carbons (Fsp3) is 0.182. The third kappa shape index (κ3) is 1.97. The van der Waals surface area contributed by atoms with Gasteiger partial charge < -0.3 is 9.15 Å². The first-order valence-corrected chi connectivity index (χ1v) is 4.85. The molecular weight excluding hydrogens is 214 g/mol. The van der Waals surface area contributed by atoms with Gasteiger partial charge in [0.2, 0.25) is 5.89 Å². The molecule has 0 atom stereocenters. The Balaban J connectivity index is 2.55. The smallest absolute Gasteiger partial charge is 0.230 e. The predicted octanol–water partition coefficient (Wildman–Crippen LogP) is 3.31. The fourth-order valence-corrected chi connectivity index (χ4v) is 1.50. The Labute approximate surface area is 92.6 Å². The van der Waals surface area contributed by atoms with Crippen molar-refractivity contribution in [3.05, 3.63) is 35.2 Å². The summed E-state index contributed by atoms with van der Waals surface area (Å²) in [6.07, 6.45) is 1.66. The Hall–Kier alpha value is -1.48. The molecule has 0 aliphatic heterocycles. The van der Waals surface area contributed by atoms with E-state index in [1.807, 2.05) is 6.92 Å². The molecule has 0 aliphatic carbocycles. The van der Waals surface area contributed by atoms with Crippen molar-refractivity contribution >= 4 is 11.6 Å². The van der Waals surface area contributed by atoms with Crippen molar-refractivity contribution in [1.29, 1.82) is 0 Å². The summed E-state index contributed by atoms with van der Waals surface area (Å²) < 4.78 is 10.6. The molecule has 1 aromatic carbocycles. The van der Waals surface area contributed by atoms with Crippen LogP contribution in [-0.4, -0.2) is 12.1 Å². The zero-order valence-electron chi connectivity index (χ0n) is 8.45. The first kappa shape index (κ1) is 10.1. The van der Waals surface area contributed by atoms with Crippen LogP contribution in [0.3, 0.4) is 0 Å². The van der Waals surface area contributed by atoms with Crippen molar-refractivity contribution in [2.45, 2.75) is 6.92 Å². The van der Waals surface area contributed by atoms with E-state index in [1.165, 1.54) is 0 Å². The Morgan fingerprint density at radius 2 is 2.20 bits per heavy atom. The molecule has 2 rings (SSSR count). The number of halogens is 1. The summed E-state index contributed by atoms with van der Waals surface area (Å²) in [6.45, 7) is 1.84. The van der Waals surface area contributed by atoms with Crippen LogP contribution < -0.4 is 4.74 Å². The Morgan fingerprint density at radius 3 is 2.80 bits per heavy atom. The SMILES string of the molecule is COc1ccc(Cl)cc1-c1ncc(C)o1. The number of benzene rings is 1. The molecule has 1 aromatic heterocycles. The first-order chi connectivity index (χ1) is 7.20. The number of ether oxygens (including phenoxy) is 1. The summed E-state index contributed by atoms with van der Waals surface area (Å²) in [5.41, 5.74) is 0.762. The van der Waals surface area contributed by atoms with Gasteiger partial charge in [-0.2, -0.15) is 0 Å². The highest BCUT2D eigenvalue weighted by Gasteiger charge is 2.11. The molecule has 4 heteroatoms. The minimum absolute atomic E-state index is 0.520. The van der Waals surface area contributed by atoms with Crippen molar-refractivity contribution in [3.63, 3.8) is 0 Å². The van der Waals surface area contributed by atoms with E-state index in [2.05, 4.69) is 4.98 Å². The van der Waals surface area contributed by atoms with Crippen LogP contribution in [0.1, 0.15) is 5.76 Å². The van der Waals surface area contributed by atoms with Crippen LogP contribution in [0.15, 0.2) is 28.8 Å². The van der Waals surface area contributed by atoms with Gasteiger partial charge in [0.05, 0.1) is 18.9 Å². The standard InChI is InChI=1S/C11H10ClNO2/c1-7-6-13-11(15-7)9-5-8(12)3-4-10(9)14-2/h3-6H,1-2H3. The van der Waals surface area contributed by atoms with Crippen LogP contribution in [-0.2, 0) is 0 Å². The lowest BCUT2D eigenvalue weighted by Gasteiger charge is -2.05. The van der Waals surface area contributed by atoms with Crippen molar-refractivity contribution in [3.8, 4) is 17.2 Å². The molecule has 1 heterocycles. The van der Waals surface area contributed by atoms with Gasteiger partial charge in [0, 0.05) is 5.02 Å². The lowest BCUT2D eigenvalue weighted by atomic mass is 10.2. The van der Waals surface area contributed by atoms with Gasteiger partial charge in [-0.1, -0.05) is 11.6 Å². The lowest BCUT2D eigenvalue weighted by molar-refractivity contribution is 0.414. The van der Waals surface area contributed by atoms with E-state index in [4.69, 9.17) is 20.8 Å². The summed E-state index contributed by atoms with van der Waals surface area (Å²) in [5, 5.41) is 0.627. The van der Waals surface area contributed by atoms with E-state index in [0.29, 0.717) is 16.7 Å². The summed E-state index contributed by atoms with van der Waals surface area (Å²) >= 11 is 5.91. The van der Waals surface area contributed by atoms with Gasteiger partial charge in [-0.05, 0) is 25.1 Å². The number of nitrogens with zero attached hydrogens (tertiary/aromatic N) is 1. The molecule has 0 radical (unpaired) electrons. The molecule has 0 saturated heterocycles. The highest BCUT2D eigenvalue weighted by molar-refractivity contribution is 6.30. The van der Waals surface area contributed by atoms with Crippen LogP contribution in [0.25, 0.3) is 11.5 Å². The van der Waals surface area contributed by atoms with Gasteiger partial charge in [-0.3, -0.25) is 0 Å². The molecule has 0 unspecified atom stereocenters. The highest BCUT2D eigenvalue weighted by Crippen LogP contribution is 2.31. The quantitative estimate of drug-likeness (QED) is 0.784.